The number of ether oxygens (including phenoxy) is 2. The summed E-state index contributed by atoms with van der Waals surface area (Å²) in [6.07, 6.45) is 0. The van der Waals surface area contributed by atoms with E-state index in [0.717, 1.165) is 0 Å². The normalized spacial score (nSPS) is 10.0. The van der Waals surface area contributed by atoms with Crippen LogP contribution in [0.25, 0.3) is 0 Å². The average molecular weight is 476 g/mol. The molecule has 4 aromatic rings. The van der Waals surface area contributed by atoms with Gasteiger partial charge in [0.1, 0.15) is 11.5 Å². The number of para-hydroxylation sites is 3. The molecule has 2 N–H and O–H groups in total. The molecule has 0 fully saturated rings. The van der Waals surface area contributed by atoms with E-state index in [4.69, 9.17) is 44.3 Å². The third-order valence-corrected chi connectivity index (χ3v) is 4.64. The van der Waals surface area contributed by atoms with Crippen LogP contribution in [0.15, 0.2) is 91.0 Å². The molecule has 0 radical (unpaired) electrons. The number of hydrogen-bond donors (Lipinski definition) is 2. The molecule has 0 heterocycles. The zero-order valence-electron chi connectivity index (χ0n) is 16.0. The van der Waals surface area contributed by atoms with Crippen LogP contribution in [0.5, 0.6) is 34.5 Å². The summed E-state index contributed by atoms with van der Waals surface area (Å²) in [6.45, 7) is 0. The molecule has 4 aromatic carbocycles. The maximum atomic E-state index is 9.62. The highest BCUT2D eigenvalue weighted by Crippen LogP contribution is 2.36. The van der Waals surface area contributed by atoms with Crippen molar-refractivity contribution >= 4 is 34.8 Å². The van der Waals surface area contributed by atoms with Crippen LogP contribution in [0, 0.1) is 0 Å². The van der Waals surface area contributed by atoms with E-state index in [1.807, 2.05) is 36.4 Å². The van der Waals surface area contributed by atoms with Crippen molar-refractivity contribution in [3.8, 4) is 34.5 Å². The van der Waals surface area contributed by atoms with E-state index in [-0.39, 0.29) is 17.2 Å². The van der Waals surface area contributed by atoms with Gasteiger partial charge >= 0.3 is 0 Å². The average Bonchev–Trinajstić information content (AvgIpc) is 2.75. The first kappa shape index (κ1) is 22.6. The van der Waals surface area contributed by atoms with Crippen LogP contribution in [0.1, 0.15) is 0 Å². The van der Waals surface area contributed by atoms with E-state index in [0.29, 0.717) is 32.3 Å². The molecule has 0 aliphatic carbocycles. The topological polar surface area (TPSA) is 58.9 Å². The summed E-state index contributed by atoms with van der Waals surface area (Å²) in [4.78, 5) is 0. The molecule has 0 spiro atoms. The largest absolute Gasteiger partial charge is 0.504 e. The fourth-order valence-electron chi connectivity index (χ4n) is 2.41. The van der Waals surface area contributed by atoms with Gasteiger partial charge in [0.2, 0.25) is 0 Å². The molecule has 158 valence electrons. The first-order valence-corrected chi connectivity index (χ1v) is 10.2. The lowest BCUT2D eigenvalue weighted by Gasteiger charge is -2.09. The monoisotopic (exact) mass is 474 g/mol. The van der Waals surface area contributed by atoms with Crippen molar-refractivity contribution in [1.29, 1.82) is 0 Å². The van der Waals surface area contributed by atoms with Crippen LogP contribution >= 0.6 is 34.8 Å². The second-order valence-corrected chi connectivity index (χ2v) is 7.45. The lowest BCUT2D eigenvalue weighted by Crippen LogP contribution is -1.86. The van der Waals surface area contributed by atoms with E-state index in [1.54, 1.807) is 48.5 Å². The Morgan fingerprint density at radius 1 is 0.516 bits per heavy atom. The smallest absolute Gasteiger partial charge is 0.169 e. The molecule has 0 aliphatic rings. The number of hydrogen-bond acceptors (Lipinski definition) is 4. The standard InChI is InChI=1S/C12H7Cl3O2.C12H10O2/c13-7-1-3-11(9(15)5-7)17-12-4-2-8(14)6-10(12)16;13-11-8-4-5-9-12(11)14-10-6-2-1-3-7-10/h1-6,16H;1-9,13H. The first-order chi connectivity index (χ1) is 14.9. The molecule has 0 amide bonds. The number of phenols is 2. The summed E-state index contributed by atoms with van der Waals surface area (Å²) in [6, 6.07) is 25.6. The van der Waals surface area contributed by atoms with Crippen LogP contribution in [-0.4, -0.2) is 10.2 Å². The van der Waals surface area contributed by atoms with Crippen molar-refractivity contribution in [2.24, 2.45) is 0 Å². The van der Waals surface area contributed by atoms with E-state index in [1.165, 1.54) is 6.07 Å². The van der Waals surface area contributed by atoms with Gasteiger partial charge in [-0.15, -0.1) is 0 Å². The SMILES string of the molecule is Oc1cc(Cl)ccc1Oc1ccc(Cl)cc1Cl.Oc1ccccc1Oc1ccccc1. The molecule has 4 rings (SSSR count). The minimum Gasteiger partial charge on any atom is -0.504 e. The predicted molar refractivity (Wildman–Crippen MR) is 124 cm³/mol. The molecule has 0 aliphatic heterocycles. The third kappa shape index (κ3) is 6.72. The molecule has 0 saturated heterocycles. The summed E-state index contributed by atoms with van der Waals surface area (Å²) in [5.41, 5.74) is 0. The summed E-state index contributed by atoms with van der Waals surface area (Å²) >= 11 is 17.4. The Balaban J connectivity index is 0.000000179. The Morgan fingerprint density at radius 3 is 1.74 bits per heavy atom. The van der Waals surface area contributed by atoms with Crippen LogP contribution in [-0.2, 0) is 0 Å². The molecule has 0 aromatic heterocycles. The van der Waals surface area contributed by atoms with E-state index in [2.05, 4.69) is 0 Å². The van der Waals surface area contributed by atoms with Crippen LogP contribution in [0.3, 0.4) is 0 Å². The molecular weight excluding hydrogens is 459 g/mol. The van der Waals surface area contributed by atoms with Crippen molar-refractivity contribution < 1.29 is 19.7 Å². The Hall–Kier alpha value is -3.05. The molecule has 0 atom stereocenters. The van der Waals surface area contributed by atoms with Crippen molar-refractivity contribution in [1.82, 2.24) is 0 Å². The summed E-state index contributed by atoms with van der Waals surface area (Å²) in [7, 11) is 0. The van der Waals surface area contributed by atoms with Crippen molar-refractivity contribution in [2.45, 2.75) is 0 Å². The Kier molecular flexibility index (Phi) is 7.90. The van der Waals surface area contributed by atoms with Gasteiger partial charge in [-0.3, -0.25) is 0 Å². The quantitative estimate of drug-likeness (QED) is 0.311. The van der Waals surface area contributed by atoms with Crippen LogP contribution < -0.4 is 9.47 Å². The van der Waals surface area contributed by atoms with Crippen LogP contribution in [0.4, 0.5) is 0 Å². The van der Waals surface area contributed by atoms with Crippen LogP contribution in [0.2, 0.25) is 15.1 Å². The number of rotatable bonds is 4. The molecule has 0 saturated carbocycles. The highest BCUT2D eigenvalue weighted by atomic mass is 35.5. The molecule has 7 heteroatoms. The lowest BCUT2D eigenvalue weighted by molar-refractivity contribution is 0.411. The second kappa shape index (κ2) is 10.8. The lowest BCUT2D eigenvalue weighted by atomic mass is 10.3. The minimum atomic E-state index is -0.0523. The fraction of sp³-hybridized carbons (Fsp3) is 0. The minimum absolute atomic E-state index is 0.0523. The summed E-state index contributed by atoms with van der Waals surface area (Å²) in [5.74, 6) is 1.97. The number of aromatic hydroxyl groups is 2. The van der Waals surface area contributed by atoms with E-state index in [9.17, 15) is 10.2 Å². The zero-order valence-corrected chi connectivity index (χ0v) is 18.3. The number of halogens is 3. The highest BCUT2D eigenvalue weighted by molar-refractivity contribution is 6.35. The van der Waals surface area contributed by atoms with Gasteiger partial charge in [0.25, 0.3) is 0 Å². The number of phenolic OH excluding ortho intramolecular Hbond substituents is 2. The predicted octanol–water partition coefficient (Wildman–Crippen LogP) is 8.33. The third-order valence-electron chi connectivity index (χ3n) is 3.87. The van der Waals surface area contributed by atoms with Crippen molar-refractivity contribution in [2.75, 3.05) is 0 Å². The van der Waals surface area contributed by atoms with Gasteiger partial charge < -0.3 is 19.7 Å². The molecule has 4 nitrogen and oxygen atoms in total. The summed E-state index contributed by atoms with van der Waals surface area (Å²) < 4.78 is 10.9. The summed E-state index contributed by atoms with van der Waals surface area (Å²) in [5, 5.41) is 20.4. The molecule has 31 heavy (non-hydrogen) atoms. The van der Waals surface area contributed by atoms with Crippen molar-refractivity contribution in [3.05, 3.63) is 106 Å². The highest BCUT2D eigenvalue weighted by Gasteiger charge is 2.08. The number of benzene rings is 4. The maximum absolute atomic E-state index is 9.62. The zero-order chi connectivity index (χ0) is 22.2. The van der Waals surface area contributed by atoms with Gasteiger partial charge in [-0.2, -0.15) is 0 Å². The maximum Gasteiger partial charge on any atom is 0.169 e. The van der Waals surface area contributed by atoms with Crippen molar-refractivity contribution in [3.63, 3.8) is 0 Å². The van der Waals surface area contributed by atoms with Gasteiger partial charge in [0.15, 0.2) is 23.0 Å². The fourth-order valence-corrected chi connectivity index (χ4v) is 3.03. The Bertz CT molecular complexity index is 1100. The Morgan fingerprint density at radius 2 is 1.10 bits per heavy atom. The molecular formula is C24H17Cl3O4. The first-order valence-electron chi connectivity index (χ1n) is 9.04. The van der Waals surface area contributed by atoms with Gasteiger partial charge in [-0.25, -0.2) is 0 Å². The van der Waals surface area contributed by atoms with E-state index >= 15 is 0 Å². The van der Waals surface area contributed by atoms with E-state index < -0.39 is 0 Å². The Labute approximate surface area is 194 Å². The molecule has 0 bridgehead atoms. The van der Waals surface area contributed by atoms with Gasteiger partial charge in [0, 0.05) is 16.1 Å². The van der Waals surface area contributed by atoms with Gasteiger partial charge in [-0.05, 0) is 54.6 Å². The second-order valence-electron chi connectivity index (χ2n) is 6.17. The van der Waals surface area contributed by atoms with Gasteiger partial charge in [-0.1, -0.05) is 65.1 Å². The molecule has 0 unspecified atom stereocenters. The van der Waals surface area contributed by atoms with Gasteiger partial charge in [0.05, 0.1) is 5.02 Å².